The van der Waals surface area contributed by atoms with Crippen molar-refractivity contribution >= 4 is 0 Å². The lowest BCUT2D eigenvalue weighted by Crippen LogP contribution is -2.09. The van der Waals surface area contributed by atoms with Gasteiger partial charge in [-0.15, -0.1) is 0 Å². The second-order valence-electron chi connectivity index (χ2n) is 6.01. The number of aliphatic hydroxyl groups is 1. The molecule has 22 heavy (non-hydrogen) atoms. The number of benzene rings is 1. The monoisotopic (exact) mass is 304 g/mol. The van der Waals surface area contributed by atoms with Gasteiger partial charge >= 0.3 is 0 Å². The molecule has 1 aromatic rings. The lowest BCUT2D eigenvalue weighted by molar-refractivity contribution is 0.180. The maximum absolute atomic E-state index is 9.38. The predicted octanol–water partition coefficient (Wildman–Crippen LogP) is 3.98. The number of ether oxygens (including phenoxy) is 2. The SMILES string of the molecule is C=CCOc1c(CCO)cc(C2CCCCC2)cc1COC. The third-order valence-corrected chi connectivity index (χ3v) is 4.37. The van der Waals surface area contributed by atoms with E-state index in [-0.39, 0.29) is 6.61 Å². The van der Waals surface area contributed by atoms with Crippen LogP contribution >= 0.6 is 0 Å². The minimum Gasteiger partial charge on any atom is -0.489 e. The average Bonchev–Trinajstić information content (AvgIpc) is 2.55. The van der Waals surface area contributed by atoms with Crippen molar-refractivity contribution in [2.24, 2.45) is 0 Å². The fourth-order valence-electron chi connectivity index (χ4n) is 3.35. The fraction of sp³-hybridized carbons (Fsp3) is 0.579. The lowest BCUT2D eigenvalue weighted by atomic mass is 9.82. The van der Waals surface area contributed by atoms with E-state index in [1.165, 1.54) is 37.7 Å². The molecule has 0 unspecified atom stereocenters. The minimum atomic E-state index is 0.130. The van der Waals surface area contributed by atoms with E-state index >= 15 is 0 Å². The van der Waals surface area contributed by atoms with Crippen molar-refractivity contribution in [3.8, 4) is 5.75 Å². The van der Waals surface area contributed by atoms with Crippen LogP contribution < -0.4 is 4.74 Å². The summed E-state index contributed by atoms with van der Waals surface area (Å²) < 4.78 is 11.2. The zero-order chi connectivity index (χ0) is 15.8. The van der Waals surface area contributed by atoms with Crippen LogP contribution in [-0.4, -0.2) is 25.4 Å². The Morgan fingerprint density at radius 2 is 1.95 bits per heavy atom. The van der Waals surface area contributed by atoms with Crippen LogP contribution in [0.2, 0.25) is 0 Å². The first-order valence-corrected chi connectivity index (χ1v) is 8.29. The molecule has 0 radical (unpaired) electrons. The summed E-state index contributed by atoms with van der Waals surface area (Å²) >= 11 is 0. The van der Waals surface area contributed by atoms with Crippen LogP contribution in [0.5, 0.6) is 5.75 Å². The van der Waals surface area contributed by atoms with Crippen molar-refractivity contribution in [3.63, 3.8) is 0 Å². The molecule has 1 aliphatic rings. The van der Waals surface area contributed by atoms with Crippen LogP contribution in [0, 0.1) is 0 Å². The van der Waals surface area contributed by atoms with Gasteiger partial charge < -0.3 is 14.6 Å². The van der Waals surface area contributed by atoms with Crippen LogP contribution in [0.3, 0.4) is 0 Å². The molecular weight excluding hydrogens is 276 g/mol. The molecule has 1 aromatic carbocycles. The van der Waals surface area contributed by atoms with Crippen LogP contribution in [-0.2, 0) is 17.8 Å². The largest absolute Gasteiger partial charge is 0.489 e. The molecule has 0 atom stereocenters. The van der Waals surface area contributed by atoms with Gasteiger partial charge in [-0.1, -0.05) is 38.0 Å². The van der Waals surface area contributed by atoms with E-state index in [9.17, 15) is 5.11 Å². The van der Waals surface area contributed by atoms with Crippen molar-refractivity contribution in [2.75, 3.05) is 20.3 Å². The van der Waals surface area contributed by atoms with Gasteiger partial charge in [0.15, 0.2) is 0 Å². The Hall–Kier alpha value is -1.32. The molecule has 0 spiro atoms. The maximum atomic E-state index is 9.38. The summed E-state index contributed by atoms with van der Waals surface area (Å²) in [4.78, 5) is 0. The first-order chi connectivity index (χ1) is 10.8. The molecule has 0 aromatic heterocycles. The molecular formula is C19H28O3. The van der Waals surface area contributed by atoms with Gasteiger partial charge in [-0.05, 0) is 42.4 Å². The van der Waals surface area contributed by atoms with Gasteiger partial charge in [-0.2, -0.15) is 0 Å². The second-order valence-corrected chi connectivity index (χ2v) is 6.01. The first kappa shape index (κ1) is 17.0. The van der Waals surface area contributed by atoms with Gasteiger partial charge in [0, 0.05) is 19.3 Å². The van der Waals surface area contributed by atoms with Crippen LogP contribution in [0.15, 0.2) is 24.8 Å². The Morgan fingerprint density at radius 3 is 2.59 bits per heavy atom. The molecule has 3 nitrogen and oxygen atoms in total. The van der Waals surface area contributed by atoms with Gasteiger partial charge in [0.2, 0.25) is 0 Å². The summed E-state index contributed by atoms with van der Waals surface area (Å²) in [6.07, 6.45) is 8.86. The van der Waals surface area contributed by atoms with E-state index in [4.69, 9.17) is 9.47 Å². The van der Waals surface area contributed by atoms with Crippen molar-refractivity contribution in [3.05, 3.63) is 41.5 Å². The lowest BCUT2D eigenvalue weighted by Gasteiger charge is -2.25. The van der Waals surface area contributed by atoms with Crippen LogP contribution in [0.25, 0.3) is 0 Å². The highest BCUT2D eigenvalue weighted by molar-refractivity contribution is 5.46. The Morgan fingerprint density at radius 1 is 1.23 bits per heavy atom. The smallest absolute Gasteiger partial charge is 0.128 e. The molecule has 122 valence electrons. The molecule has 2 rings (SSSR count). The van der Waals surface area contributed by atoms with Gasteiger partial charge in [0.25, 0.3) is 0 Å². The van der Waals surface area contributed by atoms with E-state index in [1.54, 1.807) is 13.2 Å². The molecule has 1 saturated carbocycles. The number of hydrogen-bond donors (Lipinski definition) is 1. The molecule has 0 saturated heterocycles. The third kappa shape index (κ3) is 4.34. The van der Waals surface area contributed by atoms with Gasteiger partial charge in [0.1, 0.15) is 12.4 Å². The third-order valence-electron chi connectivity index (χ3n) is 4.37. The first-order valence-electron chi connectivity index (χ1n) is 8.29. The number of rotatable bonds is 8. The van der Waals surface area contributed by atoms with Gasteiger partial charge in [-0.25, -0.2) is 0 Å². The Balaban J connectivity index is 2.36. The Bertz CT molecular complexity index is 449. The molecule has 0 aliphatic heterocycles. The summed E-state index contributed by atoms with van der Waals surface area (Å²) in [6, 6.07) is 4.46. The molecule has 1 fully saturated rings. The summed E-state index contributed by atoms with van der Waals surface area (Å²) in [6.45, 7) is 4.85. The molecule has 3 heteroatoms. The van der Waals surface area contributed by atoms with Crippen LogP contribution in [0.4, 0.5) is 0 Å². The van der Waals surface area contributed by atoms with Crippen molar-refractivity contribution in [1.29, 1.82) is 0 Å². The van der Waals surface area contributed by atoms with Crippen molar-refractivity contribution in [2.45, 2.75) is 51.0 Å². The van der Waals surface area contributed by atoms with E-state index in [0.717, 1.165) is 16.9 Å². The van der Waals surface area contributed by atoms with E-state index in [1.807, 2.05) is 0 Å². The number of aliphatic hydroxyl groups excluding tert-OH is 1. The summed E-state index contributed by atoms with van der Waals surface area (Å²) in [7, 11) is 1.70. The second kappa shape index (κ2) is 8.96. The molecule has 1 aliphatic carbocycles. The highest BCUT2D eigenvalue weighted by Crippen LogP contribution is 2.37. The highest BCUT2D eigenvalue weighted by Gasteiger charge is 2.19. The minimum absolute atomic E-state index is 0.130. The Labute approximate surface area is 134 Å². The van der Waals surface area contributed by atoms with E-state index < -0.39 is 0 Å². The standard InChI is InChI=1S/C19H28O3/c1-3-11-22-19-16(9-10-20)12-17(13-18(19)14-21-2)15-7-5-4-6-8-15/h3,12-13,15,20H,1,4-11,14H2,2H3. The highest BCUT2D eigenvalue weighted by atomic mass is 16.5. The van der Waals surface area contributed by atoms with E-state index in [2.05, 4.69) is 18.7 Å². The zero-order valence-electron chi connectivity index (χ0n) is 13.6. The topological polar surface area (TPSA) is 38.7 Å². The molecule has 0 amide bonds. The quantitative estimate of drug-likeness (QED) is 0.738. The van der Waals surface area contributed by atoms with Crippen molar-refractivity contribution < 1.29 is 14.6 Å². The number of methoxy groups -OCH3 is 1. The van der Waals surface area contributed by atoms with Gasteiger partial charge in [-0.3, -0.25) is 0 Å². The fourth-order valence-corrected chi connectivity index (χ4v) is 3.35. The van der Waals surface area contributed by atoms with Crippen molar-refractivity contribution in [1.82, 2.24) is 0 Å². The maximum Gasteiger partial charge on any atom is 0.128 e. The average molecular weight is 304 g/mol. The molecule has 0 heterocycles. The number of hydrogen-bond acceptors (Lipinski definition) is 3. The predicted molar refractivity (Wildman–Crippen MR) is 89.5 cm³/mol. The summed E-state index contributed by atoms with van der Waals surface area (Å²) in [5, 5.41) is 9.38. The van der Waals surface area contributed by atoms with E-state index in [0.29, 0.717) is 25.6 Å². The Kier molecular flexibility index (Phi) is 6.94. The van der Waals surface area contributed by atoms with Gasteiger partial charge in [0.05, 0.1) is 6.61 Å². The summed E-state index contributed by atoms with van der Waals surface area (Å²) in [5.41, 5.74) is 3.54. The van der Waals surface area contributed by atoms with Crippen LogP contribution in [0.1, 0.15) is 54.7 Å². The summed E-state index contributed by atoms with van der Waals surface area (Å²) in [5.74, 6) is 1.49. The molecule has 0 bridgehead atoms. The molecule has 1 N–H and O–H groups in total. The normalized spacial score (nSPS) is 15.7. The zero-order valence-corrected chi connectivity index (χ0v) is 13.6.